The Morgan fingerprint density at radius 1 is 0.842 bits per heavy atom. The van der Waals surface area contributed by atoms with Crippen LogP contribution in [0.25, 0.3) is 10.8 Å². The summed E-state index contributed by atoms with van der Waals surface area (Å²) < 4.78 is 62.4. The van der Waals surface area contributed by atoms with Crippen LogP contribution in [0.3, 0.4) is 0 Å². The molecule has 0 atom stereocenters. The first kappa shape index (κ1) is 13.7. The minimum Gasteiger partial charge on any atom is -0.300 e. The van der Waals surface area contributed by atoms with Crippen LogP contribution in [0.4, 0.5) is 5.69 Å². The molecule has 0 fully saturated rings. The zero-order valence-corrected chi connectivity index (χ0v) is 10.9. The SMILES string of the molecule is [NH]c1ccc(S(=O)(=O)O)c2cc(S(=O)(=O)O)ccc12. The van der Waals surface area contributed by atoms with Crippen molar-refractivity contribution in [2.45, 2.75) is 9.79 Å². The molecule has 0 aliphatic heterocycles. The zero-order valence-electron chi connectivity index (χ0n) is 9.23. The van der Waals surface area contributed by atoms with Crippen molar-refractivity contribution in [3.8, 4) is 0 Å². The van der Waals surface area contributed by atoms with Gasteiger partial charge >= 0.3 is 0 Å². The molecule has 0 aromatic heterocycles. The maximum absolute atomic E-state index is 11.2. The Hall–Kier alpha value is -1.68. The summed E-state index contributed by atoms with van der Waals surface area (Å²) in [4.78, 5) is -1.04. The summed E-state index contributed by atoms with van der Waals surface area (Å²) in [6.07, 6.45) is 0. The van der Waals surface area contributed by atoms with Crippen LogP contribution in [-0.4, -0.2) is 25.9 Å². The van der Waals surface area contributed by atoms with E-state index < -0.39 is 30.0 Å². The minimum atomic E-state index is -4.57. The van der Waals surface area contributed by atoms with E-state index in [2.05, 4.69) is 0 Å². The molecule has 0 aliphatic carbocycles. The lowest BCUT2D eigenvalue weighted by Gasteiger charge is -2.07. The molecule has 9 heteroatoms. The fourth-order valence-electron chi connectivity index (χ4n) is 1.69. The number of fused-ring (bicyclic) bond motifs is 1. The molecule has 2 aromatic rings. The Morgan fingerprint density at radius 2 is 1.47 bits per heavy atom. The van der Waals surface area contributed by atoms with E-state index in [-0.39, 0.29) is 16.5 Å². The van der Waals surface area contributed by atoms with Crippen LogP contribution >= 0.6 is 0 Å². The molecular formula is C10H8NO6S2. The highest BCUT2D eigenvalue weighted by Crippen LogP contribution is 2.30. The fourth-order valence-corrected chi connectivity index (χ4v) is 2.88. The van der Waals surface area contributed by atoms with Gasteiger partial charge in [-0.1, -0.05) is 6.07 Å². The van der Waals surface area contributed by atoms with Crippen molar-refractivity contribution in [1.82, 2.24) is 5.73 Å². The van der Waals surface area contributed by atoms with Crippen molar-refractivity contribution >= 4 is 36.7 Å². The topological polar surface area (TPSA) is 133 Å². The summed E-state index contributed by atoms with van der Waals surface area (Å²) in [5.74, 6) is 0. The molecule has 101 valence electrons. The molecule has 7 nitrogen and oxygen atoms in total. The second-order valence-electron chi connectivity index (χ2n) is 3.77. The van der Waals surface area contributed by atoms with Crippen LogP contribution in [0.15, 0.2) is 40.1 Å². The molecule has 0 bridgehead atoms. The molecule has 2 aromatic carbocycles. The standard InChI is InChI=1S/C10H8NO6S2/c11-9-3-4-10(19(15,16)17)8-5-6(18(12,13)14)1-2-7(8)9/h1-5,11H,(H,12,13,14)(H,15,16,17). The number of hydrogen-bond donors (Lipinski definition) is 2. The molecule has 1 radical (unpaired) electrons. The van der Waals surface area contributed by atoms with Gasteiger partial charge in [-0.2, -0.15) is 16.8 Å². The van der Waals surface area contributed by atoms with Gasteiger partial charge in [0, 0.05) is 10.8 Å². The van der Waals surface area contributed by atoms with Gasteiger partial charge in [0.25, 0.3) is 20.2 Å². The molecule has 0 aliphatic rings. The second-order valence-corrected chi connectivity index (χ2v) is 6.58. The molecular weight excluding hydrogens is 294 g/mol. The number of rotatable bonds is 2. The van der Waals surface area contributed by atoms with Crippen molar-refractivity contribution in [2.75, 3.05) is 0 Å². The lowest BCUT2D eigenvalue weighted by molar-refractivity contribution is 0.480. The molecule has 0 heterocycles. The van der Waals surface area contributed by atoms with Gasteiger partial charge in [-0.3, -0.25) is 9.11 Å². The van der Waals surface area contributed by atoms with Crippen LogP contribution in [0.2, 0.25) is 0 Å². The van der Waals surface area contributed by atoms with Crippen molar-refractivity contribution in [3.05, 3.63) is 30.3 Å². The van der Waals surface area contributed by atoms with Gasteiger partial charge in [0.1, 0.15) is 4.90 Å². The maximum atomic E-state index is 11.2. The van der Waals surface area contributed by atoms with Crippen LogP contribution in [-0.2, 0) is 20.2 Å². The monoisotopic (exact) mass is 302 g/mol. The van der Waals surface area contributed by atoms with Crippen LogP contribution in [0.1, 0.15) is 0 Å². The zero-order chi connectivity index (χ0) is 14.4. The normalized spacial score (nSPS) is 12.7. The molecule has 0 amide bonds. The van der Waals surface area contributed by atoms with Gasteiger partial charge in [0.2, 0.25) is 0 Å². The van der Waals surface area contributed by atoms with E-state index in [1.165, 1.54) is 12.1 Å². The Morgan fingerprint density at radius 3 is 2.00 bits per heavy atom. The second kappa shape index (κ2) is 4.17. The summed E-state index contributed by atoms with van der Waals surface area (Å²) >= 11 is 0. The smallest absolute Gasteiger partial charge is 0.295 e. The highest BCUT2D eigenvalue weighted by Gasteiger charge is 2.18. The van der Waals surface area contributed by atoms with E-state index in [1.54, 1.807) is 0 Å². The Kier molecular flexibility index (Phi) is 3.01. The van der Waals surface area contributed by atoms with Gasteiger partial charge in [0.05, 0.1) is 10.6 Å². The maximum Gasteiger partial charge on any atom is 0.295 e. The van der Waals surface area contributed by atoms with Crippen LogP contribution in [0.5, 0.6) is 0 Å². The van der Waals surface area contributed by atoms with E-state index >= 15 is 0 Å². The van der Waals surface area contributed by atoms with Crippen molar-refractivity contribution < 1.29 is 25.9 Å². The third-order valence-corrected chi connectivity index (χ3v) is 4.29. The third kappa shape index (κ3) is 2.54. The van der Waals surface area contributed by atoms with Gasteiger partial charge in [0.15, 0.2) is 0 Å². The fraction of sp³-hybridized carbons (Fsp3) is 0. The highest BCUT2D eigenvalue weighted by molar-refractivity contribution is 7.86. The Labute approximate surface area is 109 Å². The summed E-state index contributed by atoms with van der Waals surface area (Å²) in [7, 11) is -9.08. The van der Waals surface area contributed by atoms with E-state index in [0.717, 1.165) is 18.2 Å². The first-order valence-corrected chi connectivity index (χ1v) is 7.72. The quantitative estimate of drug-likeness (QED) is 0.802. The molecule has 0 spiro atoms. The molecule has 3 N–H and O–H groups in total. The summed E-state index contributed by atoms with van der Waals surface area (Å²) in [6, 6.07) is 5.29. The van der Waals surface area contributed by atoms with Gasteiger partial charge in [-0.25, -0.2) is 0 Å². The number of nitrogens with one attached hydrogen (secondary N) is 1. The highest BCUT2D eigenvalue weighted by atomic mass is 32.2. The lowest BCUT2D eigenvalue weighted by atomic mass is 10.1. The summed E-state index contributed by atoms with van der Waals surface area (Å²) in [5.41, 5.74) is 7.57. The predicted octanol–water partition coefficient (Wildman–Crippen LogP) is 1.25. The van der Waals surface area contributed by atoms with Gasteiger partial charge < -0.3 is 5.73 Å². The average Bonchev–Trinajstić information content (AvgIpc) is 2.26. The first-order chi connectivity index (χ1) is 8.60. The molecule has 0 saturated heterocycles. The molecule has 2 rings (SSSR count). The van der Waals surface area contributed by atoms with E-state index in [1.807, 2.05) is 0 Å². The molecule has 19 heavy (non-hydrogen) atoms. The van der Waals surface area contributed by atoms with Crippen LogP contribution in [0, 0.1) is 0 Å². The van der Waals surface area contributed by atoms with E-state index in [0.29, 0.717) is 0 Å². The third-order valence-electron chi connectivity index (χ3n) is 2.52. The van der Waals surface area contributed by atoms with Gasteiger partial charge in [-0.15, -0.1) is 0 Å². The summed E-state index contributed by atoms with van der Waals surface area (Å²) in [6.45, 7) is 0. The molecule has 0 unspecified atom stereocenters. The van der Waals surface area contributed by atoms with E-state index in [4.69, 9.17) is 14.8 Å². The number of benzene rings is 2. The summed E-state index contributed by atoms with van der Waals surface area (Å²) in [5, 5.41) is -0.00681. The number of hydrogen-bond acceptors (Lipinski definition) is 4. The molecule has 0 saturated carbocycles. The van der Waals surface area contributed by atoms with Crippen molar-refractivity contribution in [2.24, 2.45) is 0 Å². The Bertz CT molecular complexity index is 870. The average molecular weight is 302 g/mol. The van der Waals surface area contributed by atoms with Gasteiger partial charge in [-0.05, 0) is 24.3 Å². The lowest BCUT2D eigenvalue weighted by Crippen LogP contribution is -2.02. The van der Waals surface area contributed by atoms with Crippen molar-refractivity contribution in [1.29, 1.82) is 0 Å². The largest absolute Gasteiger partial charge is 0.300 e. The van der Waals surface area contributed by atoms with Crippen molar-refractivity contribution in [3.63, 3.8) is 0 Å². The first-order valence-electron chi connectivity index (χ1n) is 4.84. The minimum absolute atomic E-state index is 0.0377. The predicted molar refractivity (Wildman–Crippen MR) is 66.3 cm³/mol. The van der Waals surface area contributed by atoms with E-state index in [9.17, 15) is 16.8 Å². The van der Waals surface area contributed by atoms with Crippen LogP contribution < -0.4 is 5.73 Å². The Balaban J connectivity index is 2.98.